The van der Waals surface area contributed by atoms with E-state index in [1.165, 1.54) is 5.56 Å². The third kappa shape index (κ3) is 1.22. The van der Waals surface area contributed by atoms with E-state index in [2.05, 4.69) is 17.0 Å². The van der Waals surface area contributed by atoms with Crippen LogP contribution in [0.5, 0.6) is 5.75 Å². The van der Waals surface area contributed by atoms with Gasteiger partial charge < -0.3 is 4.74 Å². The zero-order valence-corrected chi connectivity index (χ0v) is 7.60. The molecule has 72 valence electrons. The van der Waals surface area contributed by atoms with Crippen LogP contribution in [0.2, 0.25) is 0 Å². The molecule has 0 spiro atoms. The Morgan fingerprint density at radius 2 is 2.07 bits per heavy atom. The largest absolute Gasteiger partial charge is 0.459 e. The van der Waals surface area contributed by atoms with E-state index in [4.69, 9.17) is 9.62 Å². The van der Waals surface area contributed by atoms with Crippen molar-refractivity contribution in [2.24, 2.45) is 0 Å². The molecule has 1 fully saturated rings. The van der Waals surface area contributed by atoms with Gasteiger partial charge in [-0.1, -0.05) is 18.2 Å². The van der Waals surface area contributed by atoms with Crippen LogP contribution in [0.25, 0.3) is 0 Å². The summed E-state index contributed by atoms with van der Waals surface area (Å²) in [5.74, 6) is 1.80. The van der Waals surface area contributed by atoms with Crippen LogP contribution in [0.1, 0.15) is 5.56 Å². The monoisotopic (exact) mass is 190 g/mol. The summed E-state index contributed by atoms with van der Waals surface area (Å²) in [6, 6.07) is 8.03. The fourth-order valence-electron chi connectivity index (χ4n) is 1.61. The molecule has 2 aliphatic rings. The normalized spacial score (nSPS) is 24.3. The number of allylic oxidation sites excluding steroid dienone is 1. The first-order valence-corrected chi connectivity index (χ1v) is 4.67. The van der Waals surface area contributed by atoms with E-state index in [1.54, 1.807) is 0 Å². The maximum Gasteiger partial charge on any atom is 0.176 e. The standard InChI is InChI=1S/C11H10O3/c1-2-4-9-8(3-1)5-6-10(13-9)11-7-12-14-11/h1-4,6,11H,5,7H2. The van der Waals surface area contributed by atoms with E-state index < -0.39 is 0 Å². The van der Waals surface area contributed by atoms with Crippen molar-refractivity contribution in [3.63, 3.8) is 0 Å². The Kier molecular flexibility index (Phi) is 1.79. The summed E-state index contributed by atoms with van der Waals surface area (Å²) in [6.45, 7) is 0.591. The molecular weight excluding hydrogens is 180 g/mol. The van der Waals surface area contributed by atoms with Crippen LogP contribution in [0.3, 0.4) is 0 Å². The molecule has 14 heavy (non-hydrogen) atoms. The molecule has 3 heteroatoms. The molecule has 0 radical (unpaired) electrons. The number of para-hydroxylation sites is 1. The summed E-state index contributed by atoms with van der Waals surface area (Å²) in [4.78, 5) is 9.55. The van der Waals surface area contributed by atoms with E-state index in [1.807, 2.05) is 18.2 Å². The Hall–Kier alpha value is -1.32. The lowest BCUT2D eigenvalue weighted by atomic mass is 10.1. The Morgan fingerprint density at radius 1 is 1.21 bits per heavy atom. The van der Waals surface area contributed by atoms with Crippen LogP contribution in [0.4, 0.5) is 0 Å². The van der Waals surface area contributed by atoms with Crippen molar-refractivity contribution >= 4 is 0 Å². The minimum absolute atomic E-state index is 0.0108. The highest BCUT2D eigenvalue weighted by Gasteiger charge is 2.29. The molecule has 1 saturated heterocycles. The van der Waals surface area contributed by atoms with Gasteiger partial charge in [0.25, 0.3) is 0 Å². The number of hydrogen-bond donors (Lipinski definition) is 0. The van der Waals surface area contributed by atoms with Crippen molar-refractivity contribution < 1.29 is 14.5 Å². The minimum atomic E-state index is -0.0108. The third-order valence-corrected chi connectivity index (χ3v) is 2.44. The van der Waals surface area contributed by atoms with Gasteiger partial charge >= 0.3 is 0 Å². The quantitative estimate of drug-likeness (QED) is 0.632. The highest BCUT2D eigenvalue weighted by molar-refractivity contribution is 5.39. The van der Waals surface area contributed by atoms with Crippen LogP contribution in [-0.2, 0) is 16.2 Å². The second-order valence-electron chi connectivity index (χ2n) is 3.39. The summed E-state index contributed by atoms with van der Waals surface area (Å²) in [5.41, 5.74) is 1.22. The van der Waals surface area contributed by atoms with Crippen molar-refractivity contribution in [1.29, 1.82) is 0 Å². The van der Waals surface area contributed by atoms with E-state index in [0.29, 0.717) is 6.61 Å². The Morgan fingerprint density at radius 3 is 2.86 bits per heavy atom. The van der Waals surface area contributed by atoms with Crippen molar-refractivity contribution in [3.05, 3.63) is 41.7 Å². The first kappa shape index (κ1) is 8.03. The van der Waals surface area contributed by atoms with Gasteiger partial charge in [0.15, 0.2) is 6.10 Å². The smallest absolute Gasteiger partial charge is 0.176 e. The second kappa shape index (κ2) is 3.12. The van der Waals surface area contributed by atoms with Crippen molar-refractivity contribution in [2.75, 3.05) is 6.61 Å². The van der Waals surface area contributed by atoms with Gasteiger partial charge in [-0.25, -0.2) is 9.78 Å². The summed E-state index contributed by atoms with van der Waals surface area (Å²) in [6.07, 6.45) is 2.95. The highest BCUT2D eigenvalue weighted by Crippen LogP contribution is 2.29. The number of ether oxygens (including phenoxy) is 1. The number of fused-ring (bicyclic) bond motifs is 1. The average Bonchev–Trinajstić information content (AvgIpc) is 2.15. The molecule has 0 aromatic heterocycles. The Labute approximate surface area is 81.8 Å². The second-order valence-corrected chi connectivity index (χ2v) is 3.39. The molecular formula is C11H10O3. The van der Waals surface area contributed by atoms with Crippen molar-refractivity contribution in [2.45, 2.75) is 12.5 Å². The molecule has 1 unspecified atom stereocenters. The fourth-order valence-corrected chi connectivity index (χ4v) is 1.61. The molecule has 0 N–H and O–H groups in total. The van der Waals surface area contributed by atoms with Gasteiger partial charge in [-0.2, -0.15) is 0 Å². The van der Waals surface area contributed by atoms with Gasteiger partial charge in [-0.05, 0) is 24.1 Å². The zero-order chi connectivity index (χ0) is 9.38. The molecule has 1 aromatic carbocycles. The predicted octanol–water partition coefficient (Wildman–Crippen LogP) is 1.84. The Bertz CT molecular complexity index is 380. The lowest BCUT2D eigenvalue weighted by Gasteiger charge is -2.29. The molecule has 0 saturated carbocycles. The maximum atomic E-state index is 5.69. The van der Waals surface area contributed by atoms with Crippen molar-refractivity contribution in [3.8, 4) is 5.75 Å². The van der Waals surface area contributed by atoms with E-state index >= 15 is 0 Å². The van der Waals surface area contributed by atoms with E-state index in [-0.39, 0.29) is 6.10 Å². The first-order valence-electron chi connectivity index (χ1n) is 4.67. The molecule has 1 atom stereocenters. The summed E-state index contributed by atoms with van der Waals surface area (Å²) in [7, 11) is 0. The van der Waals surface area contributed by atoms with Crippen LogP contribution < -0.4 is 4.74 Å². The van der Waals surface area contributed by atoms with Crippen LogP contribution >= 0.6 is 0 Å². The molecule has 0 bridgehead atoms. The van der Waals surface area contributed by atoms with Crippen molar-refractivity contribution in [1.82, 2.24) is 0 Å². The van der Waals surface area contributed by atoms with E-state index in [9.17, 15) is 0 Å². The fraction of sp³-hybridized carbons (Fsp3) is 0.273. The van der Waals surface area contributed by atoms with Gasteiger partial charge in [0.1, 0.15) is 18.1 Å². The Balaban J connectivity index is 1.85. The predicted molar refractivity (Wildman–Crippen MR) is 49.7 cm³/mol. The topological polar surface area (TPSA) is 27.7 Å². The van der Waals surface area contributed by atoms with Gasteiger partial charge in [-0.3, -0.25) is 0 Å². The SMILES string of the molecule is C1=C(C2COO2)Oc2ccccc2C1. The highest BCUT2D eigenvalue weighted by atomic mass is 17.2. The lowest BCUT2D eigenvalue weighted by molar-refractivity contribution is -0.417. The molecule has 3 nitrogen and oxygen atoms in total. The van der Waals surface area contributed by atoms with Crippen LogP contribution in [0.15, 0.2) is 36.1 Å². The van der Waals surface area contributed by atoms with Gasteiger partial charge in [0.2, 0.25) is 0 Å². The number of rotatable bonds is 1. The molecule has 3 rings (SSSR count). The van der Waals surface area contributed by atoms with E-state index in [0.717, 1.165) is 17.9 Å². The van der Waals surface area contributed by atoms with Gasteiger partial charge in [-0.15, -0.1) is 0 Å². The summed E-state index contributed by atoms with van der Waals surface area (Å²) < 4.78 is 5.69. The molecule has 0 aliphatic carbocycles. The van der Waals surface area contributed by atoms with Crippen LogP contribution in [0, 0.1) is 0 Å². The number of hydrogen-bond acceptors (Lipinski definition) is 3. The molecule has 2 heterocycles. The first-order chi connectivity index (χ1) is 6.93. The molecule has 2 aliphatic heterocycles. The number of benzene rings is 1. The van der Waals surface area contributed by atoms with Crippen LogP contribution in [-0.4, -0.2) is 12.7 Å². The third-order valence-electron chi connectivity index (χ3n) is 2.44. The zero-order valence-electron chi connectivity index (χ0n) is 7.60. The van der Waals surface area contributed by atoms with Gasteiger partial charge in [0, 0.05) is 0 Å². The maximum absolute atomic E-state index is 5.69. The molecule has 0 amide bonds. The minimum Gasteiger partial charge on any atom is -0.459 e. The average molecular weight is 190 g/mol. The lowest BCUT2D eigenvalue weighted by Crippen LogP contribution is -2.35. The van der Waals surface area contributed by atoms with Gasteiger partial charge in [0.05, 0.1) is 0 Å². The summed E-state index contributed by atoms with van der Waals surface area (Å²) >= 11 is 0. The molecule has 1 aromatic rings. The summed E-state index contributed by atoms with van der Waals surface area (Å²) in [5, 5.41) is 0.